The number of rotatable bonds is 5. The predicted octanol–water partition coefficient (Wildman–Crippen LogP) is 4.58. The van der Waals surface area contributed by atoms with E-state index in [2.05, 4.69) is 0 Å². The number of aromatic hydroxyl groups is 1. The van der Waals surface area contributed by atoms with E-state index in [1.165, 1.54) is 26.4 Å². The Morgan fingerprint density at radius 1 is 0.806 bits per heavy atom. The monoisotopic (exact) mass is 484 g/mol. The number of carbonyl (C=O) groups excluding carboxylic acids is 1. The van der Waals surface area contributed by atoms with Crippen LogP contribution in [-0.4, -0.2) is 25.3 Å². The van der Waals surface area contributed by atoms with Crippen molar-refractivity contribution in [3.05, 3.63) is 116 Å². The maximum Gasteiger partial charge on any atom is 0.344 e. The summed E-state index contributed by atoms with van der Waals surface area (Å²) in [6.45, 7) is 0. The summed E-state index contributed by atoms with van der Waals surface area (Å²) < 4.78 is 21.6. The summed E-state index contributed by atoms with van der Waals surface area (Å²) in [6.07, 6.45) is 0. The molecule has 36 heavy (non-hydrogen) atoms. The van der Waals surface area contributed by atoms with Crippen LogP contribution in [0.25, 0.3) is 21.9 Å². The Hall–Kier alpha value is -4.85. The molecule has 0 saturated carbocycles. The van der Waals surface area contributed by atoms with E-state index in [4.69, 9.17) is 18.3 Å². The van der Waals surface area contributed by atoms with Crippen LogP contribution in [0, 0.1) is 0 Å². The van der Waals surface area contributed by atoms with E-state index in [9.17, 15) is 19.5 Å². The van der Waals surface area contributed by atoms with Crippen molar-refractivity contribution in [1.82, 2.24) is 0 Å². The highest BCUT2D eigenvalue weighted by atomic mass is 16.6. The number of hydrogen-bond donors (Lipinski definition) is 1. The number of para-hydroxylation sites is 2. The summed E-state index contributed by atoms with van der Waals surface area (Å²) >= 11 is 0. The van der Waals surface area contributed by atoms with Crippen molar-refractivity contribution in [3.8, 4) is 11.7 Å². The molecule has 2 heterocycles. The Morgan fingerprint density at radius 3 is 2.06 bits per heavy atom. The number of fused-ring (bicyclic) bond motifs is 2. The van der Waals surface area contributed by atoms with Gasteiger partial charge < -0.3 is 23.4 Å². The Morgan fingerprint density at radius 2 is 1.42 bits per heavy atom. The average Bonchev–Trinajstić information content (AvgIpc) is 2.91. The van der Waals surface area contributed by atoms with Crippen LogP contribution in [0.2, 0.25) is 0 Å². The van der Waals surface area contributed by atoms with E-state index in [-0.39, 0.29) is 39.4 Å². The van der Waals surface area contributed by atoms with Crippen molar-refractivity contribution < 1.29 is 28.2 Å². The van der Waals surface area contributed by atoms with Gasteiger partial charge in [0.15, 0.2) is 0 Å². The quantitative estimate of drug-likeness (QED) is 0.285. The molecule has 5 aromatic rings. The van der Waals surface area contributed by atoms with Crippen LogP contribution in [0.4, 0.5) is 0 Å². The SMILES string of the molecule is COC(=O)c1ccc(C(c2c(O)c3ccccc3oc2=O)c2c(OC)oc3ccccc3c2=O)cc1. The van der Waals surface area contributed by atoms with E-state index in [0.29, 0.717) is 16.5 Å². The Labute approximate surface area is 203 Å². The topological polar surface area (TPSA) is 116 Å². The fourth-order valence-corrected chi connectivity index (χ4v) is 4.35. The van der Waals surface area contributed by atoms with E-state index < -0.39 is 22.9 Å². The van der Waals surface area contributed by atoms with Gasteiger partial charge >= 0.3 is 11.6 Å². The lowest BCUT2D eigenvalue weighted by atomic mass is 9.84. The first-order valence-corrected chi connectivity index (χ1v) is 11.0. The van der Waals surface area contributed by atoms with Gasteiger partial charge in [0.05, 0.1) is 47.6 Å². The second-order valence-corrected chi connectivity index (χ2v) is 8.03. The maximum atomic E-state index is 13.8. The average molecular weight is 484 g/mol. The molecule has 1 N–H and O–H groups in total. The Bertz CT molecular complexity index is 1730. The van der Waals surface area contributed by atoms with E-state index in [0.717, 1.165) is 0 Å². The van der Waals surface area contributed by atoms with Gasteiger partial charge in [0.25, 0.3) is 5.95 Å². The number of hydrogen-bond acceptors (Lipinski definition) is 8. The van der Waals surface area contributed by atoms with Gasteiger partial charge in [-0.3, -0.25) is 4.79 Å². The van der Waals surface area contributed by atoms with E-state index in [1.807, 2.05) is 0 Å². The lowest BCUT2D eigenvalue weighted by Crippen LogP contribution is -2.22. The second-order valence-electron chi connectivity index (χ2n) is 8.03. The third-order valence-electron chi connectivity index (χ3n) is 6.05. The van der Waals surface area contributed by atoms with Gasteiger partial charge in [0, 0.05) is 0 Å². The molecule has 3 aromatic carbocycles. The minimum absolute atomic E-state index is 0.0000934. The fourth-order valence-electron chi connectivity index (χ4n) is 4.35. The summed E-state index contributed by atoms with van der Waals surface area (Å²) in [5.74, 6) is -2.14. The highest BCUT2D eigenvalue weighted by Crippen LogP contribution is 2.41. The van der Waals surface area contributed by atoms with Crippen LogP contribution in [0.1, 0.15) is 33.0 Å². The van der Waals surface area contributed by atoms with Crippen molar-refractivity contribution >= 4 is 27.9 Å². The van der Waals surface area contributed by atoms with Crippen LogP contribution in [-0.2, 0) is 4.74 Å². The molecule has 0 fully saturated rings. The second kappa shape index (κ2) is 9.07. The summed E-state index contributed by atoms with van der Waals surface area (Å²) in [7, 11) is 2.61. The molecule has 2 aromatic heterocycles. The van der Waals surface area contributed by atoms with E-state index >= 15 is 0 Å². The normalized spacial score (nSPS) is 11.9. The van der Waals surface area contributed by atoms with Gasteiger partial charge in [-0.2, -0.15) is 0 Å². The third kappa shape index (κ3) is 3.69. The number of methoxy groups -OCH3 is 2. The summed E-state index contributed by atoms with van der Waals surface area (Å²) in [4.78, 5) is 39.0. The Kier molecular flexibility index (Phi) is 5.77. The first-order chi connectivity index (χ1) is 17.4. The fraction of sp³-hybridized carbons (Fsp3) is 0.107. The molecular weight excluding hydrogens is 464 g/mol. The molecule has 0 aliphatic heterocycles. The smallest absolute Gasteiger partial charge is 0.344 e. The first-order valence-electron chi connectivity index (χ1n) is 11.0. The van der Waals surface area contributed by atoms with Crippen molar-refractivity contribution in [3.63, 3.8) is 0 Å². The van der Waals surface area contributed by atoms with Gasteiger partial charge in [0.1, 0.15) is 16.9 Å². The highest BCUT2D eigenvalue weighted by Gasteiger charge is 2.33. The molecule has 180 valence electrons. The number of esters is 1. The van der Waals surface area contributed by atoms with Crippen LogP contribution in [0.3, 0.4) is 0 Å². The zero-order valence-electron chi connectivity index (χ0n) is 19.3. The Balaban J connectivity index is 1.87. The third-order valence-corrected chi connectivity index (χ3v) is 6.05. The summed E-state index contributed by atoms with van der Waals surface area (Å²) in [6, 6.07) is 19.3. The van der Waals surface area contributed by atoms with Gasteiger partial charge in [-0.05, 0) is 42.0 Å². The molecule has 0 bridgehead atoms. The number of carbonyl (C=O) groups is 1. The summed E-state index contributed by atoms with van der Waals surface area (Å²) in [5, 5.41) is 11.8. The van der Waals surface area contributed by atoms with E-state index in [1.54, 1.807) is 60.7 Å². The molecule has 5 rings (SSSR count). The molecule has 0 saturated heterocycles. The molecule has 1 unspecified atom stereocenters. The molecule has 0 radical (unpaired) electrons. The largest absolute Gasteiger partial charge is 0.507 e. The van der Waals surface area contributed by atoms with Gasteiger partial charge in [-0.1, -0.05) is 36.4 Å². The number of ether oxygens (including phenoxy) is 2. The van der Waals surface area contributed by atoms with Crippen molar-refractivity contribution in [2.45, 2.75) is 5.92 Å². The molecular formula is C28H20O8. The lowest BCUT2D eigenvalue weighted by Gasteiger charge is -2.20. The van der Waals surface area contributed by atoms with Crippen LogP contribution < -0.4 is 15.8 Å². The van der Waals surface area contributed by atoms with Gasteiger partial charge in [-0.25, -0.2) is 9.59 Å². The van der Waals surface area contributed by atoms with Crippen molar-refractivity contribution in [1.29, 1.82) is 0 Å². The molecule has 0 aliphatic rings. The van der Waals surface area contributed by atoms with Crippen LogP contribution in [0.5, 0.6) is 11.7 Å². The zero-order chi connectivity index (χ0) is 25.4. The number of benzene rings is 3. The molecule has 0 amide bonds. The minimum Gasteiger partial charge on any atom is -0.507 e. The van der Waals surface area contributed by atoms with Crippen molar-refractivity contribution in [2.75, 3.05) is 14.2 Å². The molecule has 8 heteroatoms. The first kappa shape index (κ1) is 22.9. The molecule has 0 spiro atoms. The van der Waals surface area contributed by atoms with Crippen LogP contribution >= 0.6 is 0 Å². The lowest BCUT2D eigenvalue weighted by molar-refractivity contribution is 0.0600. The van der Waals surface area contributed by atoms with Crippen LogP contribution in [0.15, 0.2) is 91.2 Å². The molecule has 8 nitrogen and oxygen atoms in total. The standard InChI is InChI=1S/C28H20O8/c1-33-26(31)16-13-11-15(12-14-16)21(22-24(29)17-7-3-5-9-19(17)35-27(22)32)23-25(30)18-8-4-6-10-20(18)36-28(23)34-2/h3-14,21,29H,1-2H3. The minimum atomic E-state index is -1.15. The maximum absolute atomic E-state index is 13.8. The van der Waals surface area contributed by atoms with Gasteiger partial charge in [0.2, 0.25) is 5.43 Å². The predicted molar refractivity (Wildman–Crippen MR) is 132 cm³/mol. The highest BCUT2D eigenvalue weighted by molar-refractivity contribution is 5.89. The molecule has 0 aliphatic carbocycles. The van der Waals surface area contributed by atoms with Gasteiger partial charge in [-0.15, -0.1) is 0 Å². The van der Waals surface area contributed by atoms with Crippen molar-refractivity contribution in [2.24, 2.45) is 0 Å². The zero-order valence-corrected chi connectivity index (χ0v) is 19.3. The summed E-state index contributed by atoms with van der Waals surface area (Å²) in [5.41, 5.74) is -0.252. The molecule has 1 atom stereocenters.